The number of hydrogen-bond acceptors (Lipinski definition) is 7. The molecule has 0 radical (unpaired) electrons. The van der Waals surface area contributed by atoms with Crippen LogP contribution in [0.25, 0.3) is 11.1 Å². The smallest absolute Gasteiger partial charge is 0.173 e. The summed E-state index contributed by atoms with van der Waals surface area (Å²) in [6.07, 6.45) is -0.125. The summed E-state index contributed by atoms with van der Waals surface area (Å²) in [5.41, 5.74) is 1.06. The summed E-state index contributed by atoms with van der Waals surface area (Å²) in [6.45, 7) is 0. The maximum atomic E-state index is 10.1. The van der Waals surface area contributed by atoms with Crippen LogP contribution in [0.4, 0.5) is 0 Å². The number of aliphatic hydroxyl groups is 3. The number of aliphatic hydroxyl groups excluding tert-OH is 3. The minimum atomic E-state index is -1.22. The van der Waals surface area contributed by atoms with Crippen LogP contribution in [0.5, 0.6) is 11.5 Å². The fourth-order valence-corrected chi connectivity index (χ4v) is 3.60. The van der Waals surface area contributed by atoms with Crippen molar-refractivity contribution in [1.29, 1.82) is 0 Å². The van der Waals surface area contributed by atoms with Crippen LogP contribution in [0, 0.1) is 0 Å². The van der Waals surface area contributed by atoms with Gasteiger partial charge in [0.1, 0.15) is 23.7 Å². The zero-order chi connectivity index (χ0) is 17.1. The van der Waals surface area contributed by atoms with Crippen molar-refractivity contribution in [2.45, 2.75) is 23.7 Å². The van der Waals surface area contributed by atoms with Gasteiger partial charge in [-0.3, -0.25) is 4.98 Å². The monoisotopic (exact) mass is 349 g/mol. The Morgan fingerprint density at radius 1 is 1.08 bits per heavy atom. The highest BCUT2D eigenvalue weighted by Gasteiger charge is 2.38. The van der Waals surface area contributed by atoms with Crippen LogP contribution in [0.1, 0.15) is 0 Å². The number of methoxy groups -OCH3 is 1. The maximum Gasteiger partial charge on any atom is 0.173 e. The lowest BCUT2D eigenvalue weighted by atomic mass is 10.1. The lowest BCUT2D eigenvalue weighted by molar-refractivity contribution is -0.0785. The van der Waals surface area contributed by atoms with Crippen LogP contribution >= 0.6 is 11.8 Å². The van der Waals surface area contributed by atoms with Crippen LogP contribution in [-0.2, 0) is 0 Å². The van der Waals surface area contributed by atoms with Gasteiger partial charge in [-0.1, -0.05) is 12.1 Å². The highest BCUT2D eigenvalue weighted by atomic mass is 32.2. The molecule has 6 nitrogen and oxygen atoms in total. The topological polar surface area (TPSA) is 92.0 Å². The molecule has 2 heterocycles. The van der Waals surface area contributed by atoms with Crippen molar-refractivity contribution < 1.29 is 24.8 Å². The average molecular weight is 349 g/mol. The lowest BCUT2D eigenvalue weighted by Crippen LogP contribution is -2.50. The van der Waals surface area contributed by atoms with Gasteiger partial charge in [-0.05, 0) is 23.8 Å². The SMILES string of the molecule is COc1ccc(-c2ccncc2O[C@H]2SC[C@@H](O)[C@H](O)[C@H]2O)cc1. The first-order valence-corrected chi connectivity index (χ1v) is 8.56. The van der Waals surface area contributed by atoms with Crippen molar-refractivity contribution in [2.75, 3.05) is 12.9 Å². The third kappa shape index (κ3) is 3.49. The zero-order valence-electron chi connectivity index (χ0n) is 13.1. The van der Waals surface area contributed by atoms with Crippen LogP contribution in [-0.4, -0.2) is 56.9 Å². The normalized spacial score (nSPS) is 26.8. The van der Waals surface area contributed by atoms with Gasteiger partial charge in [-0.2, -0.15) is 0 Å². The number of hydrogen-bond donors (Lipinski definition) is 3. The lowest BCUT2D eigenvalue weighted by Gasteiger charge is -2.34. The first-order chi connectivity index (χ1) is 11.6. The molecule has 1 saturated heterocycles. The average Bonchev–Trinajstić information content (AvgIpc) is 2.63. The van der Waals surface area contributed by atoms with Gasteiger partial charge in [0, 0.05) is 17.5 Å². The molecule has 0 amide bonds. The van der Waals surface area contributed by atoms with Gasteiger partial charge in [-0.25, -0.2) is 0 Å². The second-order valence-electron chi connectivity index (χ2n) is 5.47. The Morgan fingerprint density at radius 2 is 1.83 bits per heavy atom. The molecule has 24 heavy (non-hydrogen) atoms. The van der Waals surface area contributed by atoms with Crippen LogP contribution in [0.2, 0.25) is 0 Å². The number of aromatic nitrogens is 1. The van der Waals surface area contributed by atoms with Crippen molar-refractivity contribution in [2.24, 2.45) is 0 Å². The summed E-state index contributed by atoms with van der Waals surface area (Å²) >= 11 is 1.26. The van der Waals surface area contributed by atoms with Gasteiger partial charge in [0.15, 0.2) is 5.44 Å². The van der Waals surface area contributed by atoms with E-state index in [4.69, 9.17) is 9.47 Å². The van der Waals surface area contributed by atoms with Gasteiger partial charge in [0.05, 0.1) is 19.4 Å². The summed E-state index contributed by atoms with van der Waals surface area (Å²) in [5.74, 6) is 1.55. The molecule has 0 saturated carbocycles. The Morgan fingerprint density at radius 3 is 2.54 bits per heavy atom. The molecule has 128 valence electrons. The van der Waals surface area contributed by atoms with Gasteiger partial charge >= 0.3 is 0 Å². The molecule has 1 aliphatic rings. The summed E-state index contributed by atoms with van der Waals surface area (Å²) in [7, 11) is 1.61. The van der Waals surface area contributed by atoms with E-state index in [0.717, 1.165) is 16.9 Å². The Labute approximate surface area is 144 Å². The van der Waals surface area contributed by atoms with E-state index < -0.39 is 23.7 Å². The molecule has 3 N–H and O–H groups in total. The molecular formula is C17H19NO5S. The summed E-state index contributed by atoms with van der Waals surface area (Å²) in [4.78, 5) is 4.08. The Kier molecular flexibility index (Phi) is 5.25. The molecule has 1 aliphatic heterocycles. The van der Waals surface area contributed by atoms with Crippen LogP contribution in [0.3, 0.4) is 0 Å². The Balaban J connectivity index is 1.84. The third-order valence-corrected chi connectivity index (χ3v) is 5.12. The summed E-state index contributed by atoms with van der Waals surface area (Å²) in [6, 6.07) is 9.34. The minimum Gasteiger partial charge on any atom is -0.497 e. The summed E-state index contributed by atoms with van der Waals surface area (Å²) in [5, 5.41) is 29.5. The Hall–Kier alpha value is -1.80. The predicted molar refractivity (Wildman–Crippen MR) is 91.1 cm³/mol. The second kappa shape index (κ2) is 7.40. The number of nitrogens with zero attached hydrogens (tertiary/aromatic N) is 1. The molecule has 0 spiro atoms. The number of pyridine rings is 1. The third-order valence-electron chi connectivity index (χ3n) is 3.88. The number of thioether (sulfide) groups is 1. The highest BCUT2D eigenvalue weighted by molar-refractivity contribution is 7.99. The molecule has 1 aromatic carbocycles. The van der Waals surface area contributed by atoms with E-state index in [1.54, 1.807) is 19.5 Å². The first kappa shape index (κ1) is 17.0. The van der Waals surface area contributed by atoms with Gasteiger partial charge in [-0.15, -0.1) is 11.8 Å². The molecule has 1 aromatic heterocycles. The van der Waals surface area contributed by atoms with Crippen molar-refractivity contribution in [3.05, 3.63) is 42.7 Å². The van der Waals surface area contributed by atoms with Crippen LogP contribution < -0.4 is 9.47 Å². The fraction of sp³-hybridized carbons (Fsp3) is 0.353. The van der Waals surface area contributed by atoms with Gasteiger partial charge in [0.25, 0.3) is 0 Å². The van der Waals surface area contributed by atoms with Gasteiger partial charge in [0.2, 0.25) is 0 Å². The molecule has 0 unspecified atom stereocenters. The molecule has 0 aliphatic carbocycles. The second-order valence-corrected chi connectivity index (χ2v) is 6.60. The standard InChI is InChI=1S/C17H19NO5S/c1-22-11-4-2-10(3-5-11)12-6-7-18-8-14(12)23-17-16(21)15(20)13(19)9-24-17/h2-8,13,15-17,19-21H,9H2,1H3/t13-,15+,16-,17+/m1/s1. The molecule has 0 bridgehead atoms. The van der Waals surface area contributed by atoms with E-state index in [0.29, 0.717) is 11.5 Å². The Bertz CT molecular complexity index is 681. The minimum absolute atomic E-state index is 0.293. The highest BCUT2D eigenvalue weighted by Crippen LogP contribution is 2.35. The molecule has 4 atom stereocenters. The fourth-order valence-electron chi connectivity index (χ4n) is 2.49. The summed E-state index contributed by atoms with van der Waals surface area (Å²) < 4.78 is 11.0. The molecule has 1 fully saturated rings. The van der Waals surface area contributed by atoms with Gasteiger partial charge < -0.3 is 24.8 Å². The maximum absolute atomic E-state index is 10.1. The molecule has 2 aromatic rings. The van der Waals surface area contributed by atoms with Crippen molar-refractivity contribution >= 4 is 11.8 Å². The zero-order valence-corrected chi connectivity index (χ0v) is 13.9. The predicted octanol–water partition coefficient (Wildman–Crippen LogP) is 1.29. The number of ether oxygens (including phenoxy) is 2. The quantitative estimate of drug-likeness (QED) is 0.766. The van der Waals surface area contributed by atoms with E-state index in [-0.39, 0.29) is 0 Å². The largest absolute Gasteiger partial charge is 0.497 e. The first-order valence-electron chi connectivity index (χ1n) is 7.51. The van der Waals surface area contributed by atoms with E-state index in [1.165, 1.54) is 11.8 Å². The number of rotatable bonds is 4. The van der Waals surface area contributed by atoms with E-state index in [2.05, 4.69) is 4.98 Å². The van der Waals surface area contributed by atoms with Crippen molar-refractivity contribution in [3.8, 4) is 22.6 Å². The van der Waals surface area contributed by atoms with Crippen LogP contribution in [0.15, 0.2) is 42.7 Å². The molecule has 7 heteroatoms. The van der Waals surface area contributed by atoms with E-state index in [1.807, 2.05) is 30.3 Å². The number of benzene rings is 1. The van der Waals surface area contributed by atoms with Crippen molar-refractivity contribution in [1.82, 2.24) is 4.98 Å². The van der Waals surface area contributed by atoms with E-state index in [9.17, 15) is 15.3 Å². The molecular weight excluding hydrogens is 330 g/mol. The molecule has 3 rings (SSSR count). The van der Waals surface area contributed by atoms with Crippen molar-refractivity contribution in [3.63, 3.8) is 0 Å². The van der Waals surface area contributed by atoms with E-state index >= 15 is 0 Å².